The van der Waals surface area contributed by atoms with Gasteiger partial charge in [0.2, 0.25) is 18.1 Å². The second-order valence-electron chi connectivity index (χ2n) is 10.3. The molecule has 2 aliphatic rings. The van der Waals surface area contributed by atoms with Crippen molar-refractivity contribution in [3.63, 3.8) is 0 Å². The molecule has 0 bridgehead atoms. The Morgan fingerprint density at radius 1 is 0.830 bits per heavy atom. The Bertz CT molecular complexity index is 1590. The number of aromatic hydroxyl groups is 6. The van der Waals surface area contributed by atoms with Crippen molar-refractivity contribution >= 4 is 29.8 Å². The van der Waals surface area contributed by atoms with Crippen molar-refractivity contribution in [3.8, 4) is 34.5 Å². The van der Waals surface area contributed by atoms with Crippen LogP contribution in [0.4, 0.5) is 0 Å². The molecule has 2 aromatic carbocycles. The Morgan fingerprint density at radius 2 is 1.43 bits per heavy atom. The third-order valence-electron chi connectivity index (χ3n) is 7.38. The molecule has 0 radical (unpaired) electrons. The summed E-state index contributed by atoms with van der Waals surface area (Å²) in [7, 11) is 0. The summed E-state index contributed by atoms with van der Waals surface area (Å²) in [6.07, 6.45) is -14.3. The van der Waals surface area contributed by atoms with Gasteiger partial charge in [0.15, 0.2) is 41.0 Å². The lowest BCUT2D eigenvalue weighted by Crippen LogP contribution is -2.61. The van der Waals surface area contributed by atoms with Crippen LogP contribution in [0, 0.1) is 5.92 Å². The first-order chi connectivity index (χ1) is 22.0. The number of carboxylic acid groups (broad SMARTS) is 2. The molecule has 2 aliphatic heterocycles. The second kappa shape index (κ2) is 13.0. The molecule has 2 heterocycles. The van der Waals surface area contributed by atoms with Crippen LogP contribution in [0.1, 0.15) is 38.6 Å². The standard InChI is InChI=1S/C27H26O20/c28-5-12-18(36)22(20(38)27(44-12)47-24(41)6-1-9(29)16(34)10(30)2-6)46-26(43)8(4-13(32)33)15-14-7(3-11(31)17(35)19(14)37)25(42)45-21(15)23(39)40/h1-3,8,12,15,18,20-22,27-31,34-38H,4-5H2,(H,32,33)(H,39,40)/t8-,12+,15-,18+,20+,21-,22-,27-/m0/s1. The lowest BCUT2D eigenvalue weighted by Gasteiger charge is -2.42. The molecule has 0 aromatic heterocycles. The molecule has 11 N–H and O–H groups in total. The predicted octanol–water partition coefficient (Wildman–Crippen LogP) is -2.07. The number of hydrogen-bond acceptors (Lipinski definition) is 18. The van der Waals surface area contributed by atoms with E-state index in [1.807, 2.05) is 0 Å². The third kappa shape index (κ3) is 6.42. The molecular formula is C27H26O20. The summed E-state index contributed by atoms with van der Waals surface area (Å²) >= 11 is 0. The first kappa shape index (κ1) is 34.3. The quantitative estimate of drug-likeness (QED) is 0.0774. The number of phenolic OH excluding ortho intramolecular Hbond substituents is 6. The van der Waals surface area contributed by atoms with Crippen LogP contribution in [0.25, 0.3) is 0 Å². The van der Waals surface area contributed by atoms with Crippen LogP contribution in [-0.2, 0) is 33.3 Å². The number of esters is 3. The van der Waals surface area contributed by atoms with Crippen molar-refractivity contribution < 1.29 is 99.1 Å². The van der Waals surface area contributed by atoms with Crippen LogP contribution >= 0.6 is 0 Å². The van der Waals surface area contributed by atoms with Gasteiger partial charge in [-0.25, -0.2) is 14.4 Å². The minimum absolute atomic E-state index is 0.561. The predicted molar refractivity (Wildman–Crippen MR) is 141 cm³/mol. The number of aliphatic hydroxyl groups excluding tert-OH is 3. The number of rotatable bonds is 9. The lowest BCUT2D eigenvalue weighted by molar-refractivity contribution is -0.289. The third-order valence-corrected chi connectivity index (χ3v) is 7.38. The number of ether oxygens (including phenoxy) is 4. The molecule has 254 valence electrons. The zero-order valence-electron chi connectivity index (χ0n) is 23.4. The van der Waals surface area contributed by atoms with E-state index in [1.165, 1.54) is 0 Å². The maximum Gasteiger partial charge on any atom is 0.345 e. The lowest BCUT2D eigenvalue weighted by atomic mass is 9.76. The monoisotopic (exact) mass is 670 g/mol. The Kier molecular flexibility index (Phi) is 9.52. The maximum atomic E-state index is 13.6. The molecule has 1 saturated heterocycles. The van der Waals surface area contributed by atoms with Gasteiger partial charge in [-0.1, -0.05) is 0 Å². The Labute approximate surface area is 260 Å². The molecule has 0 spiro atoms. The highest BCUT2D eigenvalue weighted by Gasteiger charge is 2.53. The van der Waals surface area contributed by atoms with E-state index in [1.54, 1.807) is 0 Å². The number of carboxylic acids is 2. The normalized spacial score (nSPS) is 25.9. The van der Waals surface area contributed by atoms with Crippen LogP contribution < -0.4 is 0 Å². The minimum atomic E-state index is -2.40. The summed E-state index contributed by atoms with van der Waals surface area (Å²) in [5.74, 6) is -19.2. The first-order valence-corrected chi connectivity index (χ1v) is 13.2. The van der Waals surface area contributed by atoms with Gasteiger partial charge in [0, 0.05) is 5.56 Å². The Morgan fingerprint density at radius 3 is 1.98 bits per heavy atom. The number of fused-ring (bicyclic) bond motifs is 1. The number of phenols is 6. The van der Waals surface area contributed by atoms with E-state index in [9.17, 15) is 80.1 Å². The first-order valence-electron chi connectivity index (χ1n) is 13.2. The molecule has 4 rings (SSSR count). The Balaban J connectivity index is 1.70. The van der Waals surface area contributed by atoms with Gasteiger partial charge in [0.05, 0.1) is 36.0 Å². The number of cyclic esters (lactones) is 1. The minimum Gasteiger partial charge on any atom is -0.504 e. The summed E-state index contributed by atoms with van der Waals surface area (Å²) in [5, 5.41) is 110. The van der Waals surface area contributed by atoms with Gasteiger partial charge in [-0.15, -0.1) is 0 Å². The fraction of sp³-hybridized carbons (Fsp3) is 0.370. The van der Waals surface area contributed by atoms with Crippen molar-refractivity contribution in [2.24, 2.45) is 5.92 Å². The molecule has 20 nitrogen and oxygen atoms in total. The van der Waals surface area contributed by atoms with Gasteiger partial charge in [-0.05, 0) is 18.2 Å². The van der Waals surface area contributed by atoms with Crippen molar-refractivity contribution in [2.75, 3.05) is 6.61 Å². The van der Waals surface area contributed by atoms with Crippen molar-refractivity contribution in [1.29, 1.82) is 0 Å². The number of aliphatic carboxylic acids is 2. The van der Waals surface area contributed by atoms with Gasteiger partial charge < -0.3 is 75.1 Å². The molecule has 0 amide bonds. The highest BCUT2D eigenvalue weighted by atomic mass is 16.7. The fourth-order valence-electron chi connectivity index (χ4n) is 5.14. The SMILES string of the molecule is O=C(O)C[C@H](C(=O)O[C@@H]1[C@@H](O)[C@H](OC(=O)c2cc(O)c(O)c(O)c2)O[C@H](CO)[C@H]1O)[C@H]1c2c(cc(O)c(O)c2O)C(=O)O[C@@H]1C(=O)O. The molecule has 20 heteroatoms. The van der Waals surface area contributed by atoms with E-state index >= 15 is 0 Å². The summed E-state index contributed by atoms with van der Waals surface area (Å²) in [4.78, 5) is 62.7. The van der Waals surface area contributed by atoms with E-state index in [-0.39, 0.29) is 0 Å². The number of carbonyl (C=O) groups excluding carboxylic acids is 3. The molecule has 1 fully saturated rings. The summed E-state index contributed by atoms with van der Waals surface area (Å²) < 4.78 is 20.2. The number of aliphatic hydroxyl groups is 3. The highest BCUT2D eigenvalue weighted by Crippen LogP contribution is 2.50. The van der Waals surface area contributed by atoms with E-state index in [2.05, 4.69) is 0 Å². The smallest absolute Gasteiger partial charge is 0.345 e. The maximum absolute atomic E-state index is 13.6. The van der Waals surface area contributed by atoms with E-state index in [0.717, 1.165) is 0 Å². The molecule has 0 saturated carbocycles. The molecule has 0 unspecified atom stereocenters. The molecule has 2 aromatic rings. The molecule has 47 heavy (non-hydrogen) atoms. The average molecular weight is 670 g/mol. The van der Waals surface area contributed by atoms with Crippen LogP contribution in [0.3, 0.4) is 0 Å². The van der Waals surface area contributed by atoms with Crippen molar-refractivity contribution in [3.05, 3.63) is 34.9 Å². The highest BCUT2D eigenvalue weighted by molar-refractivity contribution is 5.98. The van der Waals surface area contributed by atoms with Crippen LogP contribution in [0.15, 0.2) is 18.2 Å². The summed E-state index contributed by atoms with van der Waals surface area (Å²) in [6, 6.07) is 1.87. The molecule has 0 aliphatic carbocycles. The van der Waals surface area contributed by atoms with Gasteiger partial charge in [0.25, 0.3) is 0 Å². The van der Waals surface area contributed by atoms with Crippen LogP contribution in [0.2, 0.25) is 0 Å². The fourth-order valence-corrected chi connectivity index (χ4v) is 5.14. The summed E-state index contributed by atoms with van der Waals surface area (Å²) in [6.45, 7) is -1.06. The largest absolute Gasteiger partial charge is 0.504 e. The zero-order chi connectivity index (χ0) is 35.1. The van der Waals surface area contributed by atoms with Gasteiger partial charge >= 0.3 is 29.8 Å². The summed E-state index contributed by atoms with van der Waals surface area (Å²) in [5.41, 5.74) is -2.18. The molecular weight excluding hydrogens is 644 g/mol. The van der Waals surface area contributed by atoms with Gasteiger partial charge in [-0.2, -0.15) is 0 Å². The van der Waals surface area contributed by atoms with Gasteiger partial charge in [0.1, 0.15) is 12.2 Å². The average Bonchev–Trinajstić information content (AvgIpc) is 3.00. The molecule has 8 atom stereocenters. The number of hydrogen-bond donors (Lipinski definition) is 11. The number of benzene rings is 2. The van der Waals surface area contributed by atoms with Crippen molar-refractivity contribution in [1.82, 2.24) is 0 Å². The number of carbonyl (C=O) groups is 5. The van der Waals surface area contributed by atoms with E-state index < -0.39 is 143 Å². The van der Waals surface area contributed by atoms with E-state index in [4.69, 9.17) is 18.9 Å². The van der Waals surface area contributed by atoms with Crippen LogP contribution in [0.5, 0.6) is 34.5 Å². The van der Waals surface area contributed by atoms with Gasteiger partial charge in [-0.3, -0.25) is 9.59 Å². The zero-order valence-corrected chi connectivity index (χ0v) is 23.4. The van der Waals surface area contributed by atoms with Crippen LogP contribution in [-0.4, -0.2) is 129 Å². The topological polar surface area (TPSA) is 345 Å². The van der Waals surface area contributed by atoms with E-state index in [0.29, 0.717) is 18.2 Å². The second-order valence-corrected chi connectivity index (χ2v) is 10.3. The Hall–Kier alpha value is -5.57. The van der Waals surface area contributed by atoms with Crippen molar-refractivity contribution in [2.45, 2.75) is 49.1 Å².